The minimum absolute atomic E-state index is 0. The number of rotatable bonds is 3. The van der Waals surface area contributed by atoms with Crippen molar-refractivity contribution in [2.75, 3.05) is 13.2 Å². The minimum atomic E-state index is -0.271. The Balaban J connectivity index is 0.00000144. The van der Waals surface area contributed by atoms with Crippen molar-refractivity contribution in [3.8, 4) is 0 Å². The van der Waals surface area contributed by atoms with Crippen LogP contribution in [-0.2, 0) is 0 Å². The largest absolute Gasteiger partial charge is 0.396 e. The third-order valence-corrected chi connectivity index (χ3v) is 1.85. The Hall–Kier alpha value is -0.640. The van der Waals surface area contributed by atoms with Gasteiger partial charge in [0.2, 0.25) is 0 Å². The maximum Gasteiger partial charge on any atom is 0.123 e. The van der Waals surface area contributed by atoms with Gasteiger partial charge in [-0.15, -0.1) is 12.4 Å². The number of aliphatic hydroxyl groups excluding tert-OH is 1. The second-order valence-corrected chi connectivity index (χ2v) is 2.67. The second-order valence-electron chi connectivity index (χ2n) is 2.67. The standard InChI is InChI=1S/C9H12FNO.ClH/c10-9-3-1-7(2-4-9)8(5-11)6-12;/h1-4,8,12H,5-6,11H2;1H/t8-;/m1./s1. The van der Waals surface area contributed by atoms with Gasteiger partial charge in [-0.1, -0.05) is 12.1 Å². The molecule has 13 heavy (non-hydrogen) atoms. The van der Waals surface area contributed by atoms with Gasteiger partial charge < -0.3 is 10.8 Å². The van der Waals surface area contributed by atoms with Crippen LogP contribution in [0.3, 0.4) is 0 Å². The zero-order valence-electron chi connectivity index (χ0n) is 7.11. The summed E-state index contributed by atoms with van der Waals surface area (Å²) in [6.45, 7) is 0.379. The summed E-state index contributed by atoms with van der Waals surface area (Å²) in [5, 5.41) is 8.88. The fraction of sp³-hybridized carbons (Fsp3) is 0.333. The molecule has 0 aliphatic carbocycles. The molecule has 0 aromatic heterocycles. The van der Waals surface area contributed by atoms with Gasteiger partial charge in [-0.3, -0.25) is 0 Å². The molecule has 4 heteroatoms. The molecule has 0 aliphatic heterocycles. The van der Waals surface area contributed by atoms with E-state index in [0.717, 1.165) is 5.56 Å². The van der Waals surface area contributed by atoms with Crippen molar-refractivity contribution in [1.29, 1.82) is 0 Å². The molecule has 1 aromatic rings. The molecule has 0 fully saturated rings. The summed E-state index contributed by atoms with van der Waals surface area (Å²) in [4.78, 5) is 0. The van der Waals surface area contributed by atoms with Crippen LogP contribution >= 0.6 is 12.4 Å². The van der Waals surface area contributed by atoms with E-state index in [4.69, 9.17) is 10.8 Å². The van der Waals surface area contributed by atoms with E-state index in [0.29, 0.717) is 6.54 Å². The predicted molar refractivity (Wildman–Crippen MR) is 52.5 cm³/mol. The minimum Gasteiger partial charge on any atom is -0.396 e. The quantitative estimate of drug-likeness (QED) is 0.781. The van der Waals surface area contributed by atoms with Crippen molar-refractivity contribution in [1.82, 2.24) is 0 Å². The first-order valence-electron chi connectivity index (χ1n) is 3.84. The highest BCUT2D eigenvalue weighted by atomic mass is 35.5. The number of hydrogen-bond acceptors (Lipinski definition) is 2. The smallest absolute Gasteiger partial charge is 0.123 e. The van der Waals surface area contributed by atoms with Crippen LogP contribution in [0.2, 0.25) is 0 Å². The molecule has 2 nitrogen and oxygen atoms in total. The molecule has 0 aliphatic rings. The van der Waals surface area contributed by atoms with Crippen LogP contribution in [0.25, 0.3) is 0 Å². The summed E-state index contributed by atoms with van der Waals surface area (Å²) in [5.41, 5.74) is 6.28. The number of benzene rings is 1. The van der Waals surface area contributed by atoms with Gasteiger partial charge in [-0.2, -0.15) is 0 Å². The van der Waals surface area contributed by atoms with Gasteiger partial charge in [0.25, 0.3) is 0 Å². The molecule has 0 saturated carbocycles. The van der Waals surface area contributed by atoms with E-state index in [1.54, 1.807) is 12.1 Å². The van der Waals surface area contributed by atoms with Crippen LogP contribution in [0.15, 0.2) is 24.3 Å². The molecule has 1 atom stereocenters. The Morgan fingerprint density at radius 2 is 1.85 bits per heavy atom. The van der Waals surface area contributed by atoms with E-state index >= 15 is 0 Å². The SMILES string of the molecule is Cl.NC[C@H](CO)c1ccc(F)cc1. The Labute approximate surface area is 83.0 Å². The fourth-order valence-electron chi connectivity index (χ4n) is 1.05. The molecule has 0 amide bonds. The molecule has 0 bridgehead atoms. The lowest BCUT2D eigenvalue weighted by atomic mass is 10.0. The van der Waals surface area contributed by atoms with Gasteiger partial charge in [-0.25, -0.2) is 4.39 Å². The number of aliphatic hydroxyl groups is 1. The van der Waals surface area contributed by atoms with Crippen molar-refractivity contribution in [3.63, 3.8) is 0 Å². The monoisotopic (exact) mass is 205 g/mol. The average Bonchev–Trinajstić information content (AvgIpc) is 2.10. The molecule has 0 spiro atoms. The van der Waals surface area contributed by atoms with E-state index in [-0.39, 0.29) is 30.7 Å². The summed E-state index contributed by atoms with van der Waals surface area (Å²) in [7, 11) is 0. The Bertz CT molecular complexity index is 236. The van der Waals surface area contributed by atoms with Gasteiger partial charge in [0.15, 0.2) is 0 Å². The molecule has 1 rings (SSSR count). The average molecular weight is 206 g/mol. The molecule has 74 valence electrons. The third kappa shape index (κ3) is 3.30. The van der Waals surface area contributed by atoms with Crippen molar-refractivity contribution >= 4 is 12.4 Å². The van der Waals surface area contributed by atoms with Crippen molar-refractivity contribution in [2.45, 2.75) is 5.92 Å². The highest BCUT2D eigenvalue weighted by Gasteiger charge is 2.06. The maximum atomic E-state index is 12.5. The number of hydrogen-bond donors (Lipinski definition) is 2. The third-order valence-electron chi connectivity index (χ3n) is 1.85. The van der Waals surface area contributed by atoms with Gasteiger partial charge in [-0.05, 0) is 17.7 Å². The van der Waals surface area contributed by atoms with E-state index in [1.807, 2.05) is 0 Å². The zero-order valence-corrected chi connectivity index (χ0v) is 7.93. The molecular weight excluding hydrogens is 193 g/mol. The van der Waals surface area contributed by atoms with Crippen molar-refractivity contribution < 1.29 is 9.50 Å². The molecule has 0 saturated heterocycles. The van der Waals surface area contributed by atoms with Gasteiger partial charge in [0.1, 0.15) is 5.82 Å². The molecule has 0 unspecified atom stereocenters. The summed E-state index contributed by atoms with van der Waals surface area (Å²) >= 11 is 0. The lowest BCUT2D eigenvalue weighted by molar-refractivity contribution is 0.268. The molecule has 3 N–H and O–H groups in total. The Morgan fingerprint density at radius 3 is 2.23 bits per heavy atom. The van der Waals surface area contributed by atoms with E-state index in [2.05, 4.69) is 0 Å². The first-order valence-corrected chi connectivity index (χ1v) is 3.84. The van der Waals surface area contributed by atoms with Crippen molar-refractivity contribution in [2.24, 2.45) is 5.73 Å². The molecule has 0 radical (unpaired) electrons. The van der Waals surface area contributed by atoms with Gasteiger partial charge in [0, 0.05) is 12.5 Å². The summed E-state index contributed by atoms with van der Waals surface area (Å²) in [6.07, 6.45) is 0. The second kappa shape index (κ2) is 5.91. The van der Waals surface area contributed by atoms with Gasteiger partial charge >= 0.3 is 0 Å². The summed E-state index contributed by atoms with van der Waals surface area (Å²) in [6, 6.07) is 6.02. The van der Waals surface area contributed by atoms with Crippen LogP contribution in [0.1, 0.15) is 11.5 Å². The normalized spacial score (nSPS) is 11.9. The Morgan fingerprint density at radius 1 is 1.31 bits per heavy atom. The van der Waals surface area contributed by atoms with Crippen LogP contribution < -0.4 is 5.73 Å². The van der Waals surface area contributed by atoms with Crippen LogP contribution in [0.4, 0.5) is 4.39 Å². The lowest BCUT2D eigenvalue weighted by Gasteiger charge is -2.10. The highest BCUT2D eigenvalue weighted by molar-refractivity contribution is 5.85. The van der Waals surface area contributed by atoms with E-state index < -0.39 is 0 Å². The van der Waals surface area contributed by atoms with Crippen molar-refractivity contribution in [3.05, 3.63) is 35.6 Å². The fourth-order valence-corrected chi connectivity index (χ4v) is 1.05. The first-order chi connectivity index (χ1) is 5.77. The zero-order chi connectivity index (χ0) is 8.97. The summed E-state index contributed by atoms with van der Waals surface area (Å²) < 4.78 is 12.5. The predicted octanol–water partition coefficient (Wildman–Crippen LogP) is 1.28. The first kappa shape index (κ1) is 12.4. The molecule has 0 heterocycles. The van der Waals surface area contributed by atoms with E-state index in [1.165, 1.54) is 12.1 Å². The molecule has 1 aromatic carbocycles. The number of nitrogens with two attached hydrogens (primary N) is 1. The lowest BCUT2D eigenvalue weighted by Crippen LogP contribution is -2.15. The van der Waals surface area contributed by atoms with Gasteiger partial charge in [0.05, 0.1) is 6.61 Å². The maximum absolute atomic E-state index is 12.5. The van der Waals surface area contributed by atoms with E-state index in [9.17, 15) is 4.39 Å². The Kier molecular flexibility index (Phi) is 5.62. The summed E-state index contributed by atoms with van der Waals surface area (Å²) in [5.74, 6) is -0.349. The van der Waals surface area contributed by atoms with Crippen LogP contribution in [0, 0.1) is 5.82 Å². The number of halogens is 2. The highest BCUT2D eigenvalue weighted by Crippen LogP contribution is 2.13. The molecular formula is C9H13ClFNO. The van der Waals surface area contributed by atoms with Crippen LogP contribution in [-0.4, -0.2) is 18.3 Å². The van der Waals surface area contributed by atoms with Crippen LogP contribution in [0.5, 0.6) is 0 Å². The topological polar surface area (TPSA) is 46.2 Å².